The van der Waals surface area contributed by atoms with Gasteiger partial charge in [-0.15, -0.1) is 0 Å². The quantitative estimate of drug-likeness (QED) is 0.330. The van der Waals surface area contributed by atoms with Crippen molar-refractivity contribution >= 4 is 28.7 Å². The molecule has 8 nitrogen and oxygen atoms in total. The molecule has 0 aliphatic carbocycles. The monoisotopic (exact) mass is 569 g/mol. The number of fused-ring (bicyclic) bond motifs is 1. The lowest BCUT2D eigenvalue weighted by Gasteiger charge is -2.42. The zero-order valence-corrected chi connectivity index (χ0v) is 23.8. The number of benzene rings is 3. The average Bonchev–Trinajstić information content (AvgIpc) is 3.39. The van der Waals surface area contributed by atoms with Crippen LogP contribution in [0.4, 0.5) is 5.95 Å². The van der Waals surface area contributed by atoms with Gasteiger partial charge in [0.05, 0.1) is 6.54 Å². The zero-order valence-electron chi connectivity index (χ0n) is 23.1. The molecule has 2 aromatic heterocycles. The molecule has 1 aliphatic rings. The molecular formula is C32H32ClN5O3. The highest BCUT2D eigenvalue weighted by molar-refractivity contribution is 6.30. The van der Waals surface area contributed by atoms with Crippen LogP contribution in [0.1, 0.15) is 29.5 Å². The lowest BCUT2D eigenvalue weighted by Crippen LogP contribution is -2.45. The predicted octanol–water partition coefficient (Wildman–Crippen LogP) is 4.29. The highest BCUT2D eigenvalue weighted by Crippen LogP contribution is 2.42. The first-order chi connectivity index (χ1) is 19.8. The van der Waals surface area contributed by atoms with E-state index in [1.807, 2.05) is 89.5 Å². The Labute approximate surface area is 242 Å². The van der Waals surface area contributed by atoms with Crippen LogP contribution in [-0.4, -0.2) is 36.9 Å². The number of imidazole rings is 1. The summed E-state index contributed by atoms with van der Waals surface area (Å²) in [5.74, 6) is 0.601. The van der Waals surface area contributed by atoms with Crippen LogP contribution in [0.5, 0.6) is 0 Å². The number of halogens is 1. The molecule has 3 heterocycles. The third-order valence-electron chi connectivity index (χ3n) is 8.38. The van der Waals surface area contributed by atoms with Gasteiger partial charge in [0.15, 0.2) is 11.2 Å². The SMILES string of the molecule is Cn1c(=O)c2c(nc(N3CCC(C(O)(c4ccccc4)c4ccccc4)CC3)n2Cc2ccc(Cl)cc2)n(C)c1=O. The summed E-state index contributed by atoms with van der Waals surface area (Å²) in [5, 5.41) is 13.0. The molecule has 3 aromatic carbocycles. The van der Waals surface area contributed by atoms with Gasteiger partial charge in [-0.05, 0) is 47.6 Å². The van der Waals surface area contributed by atoms with Crippen molar-refractivity contribution in [3.63, 3.8) is 0 Å². The fraction of sp³-hybridized carbons (Fsp3) is 0.281. The molecule has 1 aliphatic heterocycles. The van der Waals surface area contributed by atoms with Gasteiger partial charge in [-0.1, -0.05) is 84.4 Å². The number of anilines is 1. The maximum Gasteiger partial charge on any atom is 0.332 e. The smallest absolute Gasteiger partial charge is 0.332 e. The minimum atomic E-state index is -1.14. The first-order valence-electron chi connectivity index (χ1n) is 13.8. The van der Waals surface area contributed by atoms with E-state index in [9.17, 15) is 14.7 Å². The van der Waals surface area contributed by atoms with E-state index in [1.54, 1.807) is 7.05 Å². The third kappa shape index (κ3) is 4.67. The minimum absolute atomic E-state index is 0.0325. The molecule has 0 radical (unpaired) electrons. The number of hydrogen-bond acceptors (Lipinski definition) is 5. The number of aryl methyl sites for hydroxylation is 1. The Balaban J connectivity index is 1.39. The highest BCUT2D eigenvalue weighted by Gasteiger charge is 2.42. The second kappa shape index (κ2) is 10.7. The van der Waals surface area contributed by atoms with Gasteiger partial charge in [0.2, 0.25) is 5.95 Å². The van der Waals surface area contributed by atoms with Gasteiger partial charge in [-0.2, -0.15) is 4.98 Å². The molecule has 1 fully saturated rings. The Morgan fingerprint density at radius 1 is 0.854 bits per heavy atom. The number of aromatic nitrogens is 4. The van der Waals surface area contributed by atoms with E-state index in [0.717, 1.165) is 21.3 Å². The number of aliphatic hydroxyl groups is 1. The maximum absolute atomic E-state index is 13.4. The Morgan fingerprint density at radius 3 is 1.98 bits per heavy atom. The Kier molecular flexibility index (Phi) is 7.05. The molecule has 41 heavy (non-hydrogen) atoms. The second-order valence-electron chi connectivity index (χ2n) is 10.8. The first-order valence-corrected chi connectivity index (χ1v) is 14.2. The Morgan fingerprint density at radius 2 is 1.41 bits per heavy atom. The minimum Gasteiger partial charge on any atom is -0.380 e. The van der Waals surface area contributed by atoms with Crippen LogP contribution in [0.25, 0.3) is 11.2 Å². The van der Waals surface area contributed by atoms with Crippen molar-refractivity contribution in [3.8, 4) is 0 Å². The summed E-state index contributed by atoms with van der Waals surface area (Å²) >= 11 is 6.13. The predicted molar refractivity (Wildman–Crippen MR) is 162 cm³/mol. The summed E-state index contributed by atoms with van der Waals surface area (Å²) in [6, 6.07) is 27.2. The number of rotatable bonds is 6. The molecule has 0 spiro atoms. The Hall–Kier alpha value is -4.14. The molecule has 0 unspecified atom stereocenters. The van der Waals surface area contributed by atoms with Gasteiger partial charge in [-0.25, -0.2) is 4.79 Å². The van der Waals surface area contributed by atoms with Gasteiger partial charge in [0.1, 0.15) is 5.60 Å². The van der Waals surface area contributed by atoms with Crippen molar-refractivity contribution in [1.29, 1.82) is 0 Å². The first kappa shape index (κ1) is 27.1. The van der Waals surface area contributed by atoms with Crippen molar-refractivity contribution in [2.45, 2.75) is 25.0 Å². The van der Waals surface area contributed by atoms with E-state index in [0.29, 0.717) is 54.6 Å². The molecular weight excluding hydrogens is 538 g/mol. The molecule has 0 saturated carbocycles. The Bertz CT molecular complexity index is 1760. The van der Waals surface area contributed by atoms with Gasteiger partial charge in [0, 0.05) is 32.2 Å². The van der Waals surface area contributed by atoms with Crippen LogP contribution in [0, 0.1) is 5.92 Å². The average molecular weight is 570 g/mol. The van der Waals surface area contributed by atoms with Crippen LogP contribution in [0.15, 0.2) is 94.5 Å². The number of piperidine rings is 1. The maximum atomic E-state index is 13.4. The van der Waals surface area contributed by atoms with Crippen molar-refractivity contribution < 1.29 is 5.11 Å². The lowest BCUT2D eigenvalue weighted by molar-refractivity contribution is 0.00491. The van der Waals surface area contributed by atoms with Crippen molar-refractivity contribution in [2.24, 2.45) is 20.0 Å². The van der Waals surface area contributed by atoms with Gasteiger partial charge in [0.25, 0.3) is 5.56 Å². The van der Waals surface area contributed by atoms with Crippen LogP contribution in [0.3, 0.4) is 0 Å². The fourth-order valence-electron chi connectivity index (χ4n) is 6.12. The summed E-state index contributed by atoms with van der Waals surface area (Å²) in [4.78, 5) is 33.1. The van der Waals surface area contributed by atoms with Crippen LogP contribution in [0.2, 0.25) is 5.02 Å². The summed E-state index contributed by atoms with van der Waals surface area (Å²) in [7, 11) is 3.13. The number of hydrogen-bond donors (Lipinski definition) is 1. The standard InChI is InChI=1S/C32H32ClN5O3/c1-35-28-27(29(39)36(2)31(35)40)38(21-22-13-15-26(33)16-14-22)30(34-28)37-19-17-25(18-20-37)32(41,23-9-5-3-6-10-23)24-11-7-4-8-12-24/h3-16,25,41H,17-21H2,1-2H3. The molecule has 0 atom stereocenters. The van der Waals surface area contributed by atoms with E-state index < -0.39 is 11.3 Å². The van der Waals surface area contributed by atoms with Crippen molar-refractivity contribution in [3.05, 3.63) is 127 Å². The third-order valence-corrected chi connectivity index (χ3v) is 8.63. The fourth-order valence-corrected chi connectivity index (χ4v) is 6.24. The number of nitrogens with zero attached hydrogens (tertiary/aromatic N) is 5. The lowest BCUT2D eigenvalue weighted by atomic mass is 9.72. The largest absolute Gasteiger partial charge is 0.380 e. The molecule has 0 amide bonds. The molecule has 6 rings (SSSR count). The van der Waals surface area contributed by atoms with E-state index >= 15 is 0 Å². The zero-order chi connectivity index (χ0) is 28.7. The van der Waals surface area contributed by atoms with Gasteiger partial charge in [-0.3, -0.25) is 18.5 Å². The normalized spacial score (nSPS) is 14.6. The van der Waals surface area contributed by atoms with Crippen LogP contribution < -0.4 is 16.1 Å². The van der Waals surface area contributed by atoms with Crippen LogP contribution >= 0.6 is 11.6 Å². The molecule has 1 N–H and O–H groups in total. The van der Waals surface area contributed by atoms with Crippen molar-refractivity contribution in [1.82, 2.24) is 18.7 Å². The molecule has 5 aromatic rings. The van der Waals surface area contributed by atoms with Gasteiger partial charge < -0.3 is 10.0 Å². The van der Waals surface area contributed by atoms with E-state index in [4.69, 9.17) is 16.6 Å². The summed E-state index contributed by atoms with van der Waals surface area (Å²) in [5.41, 5.74) is 1.51. The topological polar surface area (TPSA) is 85.3 Å². The summed E-state index contributed by atoms with van der Waals surface area (Å²) in [6.07, 6.45) is 1.42. The summed E-state index contributed by atoms with van der Waals surface area (Å²) < 4.78 is 4.45. The molecule has 0 bridgehead atoms. The summed E-state index contributed by atoms with van der Waals surface area (Å²) in [6.45, 7) is 1.66. The van der Waals surface area contributed by atoms with Crippen LogP contribution in [-0.2, 0) is 26.2 Å². The van der Waals surface area contributed by atoms with E-state index in [-0.39, 0.29) is 11.5 Å². The molecule has 1 saturated heterocycles. The van der Waals surface area contributed by atoms with E-state index in [1.165, 1.54) is 11.6 Å². The van der Waals surface area contributed by atoms with Crippen molar-refractivity contribution in [2.75, 3.05) is 18.0 Å². The molecule has 210 valence electrons. The van der Waals surface area contributed by atoms with E-state index in [2.05, 4.69) is 4.90 Å². The molecule has 9 heteroatoms. The second-order valence-corrected chi connectivity index (χ2v) is 11.2. The van der Waals surface area contributed by atoms with Gasteiger partial charge >= 0.3 is 5.69 Å². The highest BCUT2D eigenvalue weighted by atomic mass is 35.5.